The lowest BCUT2D eigenvalue weighted by Crippen LogP contribution is -2.17. The molecule has 1 aromatic carbocycles. The molecule has 6 heteroatoms. The Morgan fingerprint density at radius 1 is 1.24 bits per heavy atom. The van der Waals surface area contributed by atoms with E-state index in [1.807, 2.05) is 11.5 Å². The van der Waals surface area contributed by atoms with Crippen molar-refractivity contribution in [2.75, 3.05) is 5.73 Å². The minimum absolute atomic E-state index is 0.0988. The Morgan fingerprint density at radius 2 is 1.86 bits per heavy atom. The van der Waals surface area contributed by atoms with Crippen molar-refractivity contribution in [2.45, 2.75) is 45.8 Å². The fraction of sp³-hybridized carbons (Fsp3) is 0.533. The summed E-state index contributed by atoms with van der Waals surface area (Å²) in [4.78, 5) is 4.10. The maximum Gasteiger partial charge on any atom is 0.416 e. The van der Waals surface area contributed by atoms with E-state index in [9.17, 15) is 13.2 Å². The lowest BCUT2D eigenvalue weighted by Gasteiger charge is -2.24. The normalized spacial score (nSPS) is 14.0. The van der Waals surface area contributed by atoms with Gasteiger partial charge in [-0.25, -0.2) is 4.98 Å². The van der Waals surface area contributed by atoms with E-state index < -0.39 is 11.7 Å². The van der Waals surface area contributed by atoms with E-state index in [1.165, 1.54) is 6.07 Å². The maximum atomic E-state index is 12.8. The van der Waals surface area contributed by atoms with Crippen LogP contribution in [0.5, 0.6) is 0 Å². The number of anilines is 1. The zero-order valence-corrected chi connectivity index (χ0v) is 12.4. The van der Waals surface area contributed by atoms with Crippen molar-refractivity contribution in [1.29, 1.82) is 0 Å². The Kier molecular flexibility index (Phi) is 4.16. The summed E-state index contributed by atoms with van der Waals surface area (Å²) in [7, 11) is 0. The average molecular weight is 299 g/mol. The Labute approximate surface area is 122 Å². The third kappa shape index (κ3) is 2.84. The summed E-state index contributed by atoms with van der Waals surface area (Å²) in [6, 6.07) is 3.70. The van der Waals surface area contributed by atoms with Gasteiger partial charge in [0.1, 0.15) is 0 Å². The van der Waals surface area contributed by atoms with Gasteiger partial charge in [-0.3, -0.25) is 0 Å². The molecule has 1 aromatic heterocycles. The molecule has 2 N–H and O–H groups in total. The molecule has 0 aliphatic rings. The van der Waals surface area contributed by atoms with E-state index >= 15 is 0 Å². The molecular formula is C15H20F3N3. The molecule has 0 saturated carbocycles. The van der Waals surface area contributed by atoms with E-state index in [-0.39, 0.29) is 12.0 Å². The molecule has 0 spiro atoms. The van der Waals surface area contributed by atoms with E-state index in [1.54, 1.807) is 0 Å². The van der Waals surface area contributed by atoms with Crippen molar-refractivity contribution in [3.05, 3.63) is 23.8 Å². The highest BCUT2D eigenvalue weighted by atomic mass is 19.4. The molecule has 0 aliphatic heterocycles. The van der Waals surface area contributed by atoms with Crippen LogP contribution in [-0.4, -0.2) is 9.55 Å². The van der Waals surface area contributed by atoms with Crippen molar-refractivity contribution < 1.29 is 13.2 Å². The summed E-state index contributed by atoms with van der Waals surface area (Å²) >= 11 is 0. The molecule has 21 heavy (non-hydrogen) atoms. The number of hydrogen-bond donors (Lipinski definition) is 1. The predicted octanol–water partition coefficient (Wildman–Crippen LogP) is 4.63. The van der Waals surface area contributed by atoms with Gasteiger partial charge in [-0.05, 0) is 31.0 Å². The zero-order chi connectivity index (χ0) is 15.8. The minimum Gasteiger partial charge on any atom is -0.369 e. The summed E-state index contributed by atoms with van der Waals surface area (Å²) < 4.78 is 40.1. The molecule has 0 radical (unpaired) electrons. The molecular weight excluding hydrogens is 279 g/mol. The van der Waals surface area contributed by atoms with Crippen LogP contribution in [0.25, 0.3) is 11.0 Å². The van der Waals surface area contributed by atoms with Gasteiger partial charge >= 0.3 is 6.18 Å². The molecule has 0 bridgehead atoms. The number of imidazole rings is 1. The highest BCUT2D eigenvalue weighted by molar-refractivity contribution is 5.79. The molecule has 0 aliphatic carbocycles. The minimum atomic E-state index is -4.37. The number of nitrogen functional groups attached to an aromatic ring is 1. The molecule has 1 atom stereocenters. The van der Waals surface area contributed by atoms with Gasteiger partial charge in [0.05, 0.1) is 16.6 Å². The van der Waals surface area contributed by atoms with Gasteiger partial charge in [0.2, 0.25) is 5.95 Å². The molecule has 2 rings (SSSR count). The fourth-order valence-corrected chi connectivity index (χ4v) is 2.90. The molecule has 1 heterocycles. The molecule has 0 fully saturated rings. The van der Waals surface area contributed by atoms with Crippen molar-refractivity contribution in [1.82, 2.24) is 9.55 Å². The van der Waals surface area contributed by atoms with Gasteiger partial charge in [-0.2, -0.15) is 13.2 Å². The molecule has 3 nitrogen and oxygen atoms in total. The molecule has 1 unspecified atom stereocenters. The Hall–Kier alpha value is -1.72. The third-order valence-corrected chi connectivity index (χ3v) is 4.18. The second kappa shape index (κ2) is 5.58. The van der Waals surface area contributed by atoms with Crippen molar-refractivity contribution >= 4 is 17.0 Å². The van der Waals surface area contributed by atoms with Gasteiger partial charge in [0.25, 0.3) is 0 Å². The Balaban J connectivity index is 2.53. The SMILES string of the molecule is CCC(CC)C(C)n1c(N)nc2cc(C(F)(F)F)ccc21. The van der Waals surface area contributed by atoms with Crippen LogP contribution < -0.4 is 5.73 Å². The summed E-state index contributed by atoms with van der Waals surface area (Å²) in [5, 5.41) is 0. The molecule has 2 aromatic rings. The Morgan fingerprint density at radius 3 is 2.38 bits per heavy atom. The van der Waals surface area contributed by atoms with Crippen LogP contribution in [0.3, 0.4) is 0 Å². The van der Waals surface area contributed by atoms with Gasteiger partial charge in [-0.15, -0.1) is 0 Å². The largest absolute Gasteiger partial charge is 0.416 e. The first-order valence-electron chi connectivity index (χ1n) is 7.14. The zero-order valence-electron chi connectivity index (χ0n) is 12.4. The number of nitrogens with two attached hydrogens (primary N) is 1. The van der Waals surface area contributed by atoms with Gasteiger partial charge in [-0.1, -0.05) is 26.7 Å². The lowest BCUT2D eigenvalue weighted by atomic mass is 9.95. The standard InChI is InChI=1S/C15H20F3N3/c1-4-10(5-2)9(3)21-13-7-6-11(15(16,17)18)8-12(13)20-14(21)19/h6-10H,4-5H2,1-3H3,(H2,19,20). The number of alkyl halides is 3. The second-order valence-electron chi connectivity index (χ2n) is 5.36. The topological polar surface area (TPSA) is 43.8 Å². The van der Waals surface area contributed by atoms with Crippen LogP contribution in [0.2, 0.25) is 0 Å². The number of benzene rings is 1. The highest BCUT2D eigenvalue weighted by Crippen LogP contribution is 2.34. The second-order valence-corrected chi connectivity index (χ2v) is 5.36. The van der Waals surface area contributed by atoms with Crippen molar-refractivity contribution in [3.8, 4) is 0 Å². The lowest BCUT2D eigenvalue weighted by molar-refractivity contribution is -0.137. The number of hydrogen-bond acceptors (Lipinski definition) is 2. The Bertz CT molecular complexity index is 627. The predicted molar refractivity (Wildman–Crippen MR) is 77.9 cm³/mol. The highest BCUT2D eigenvalue weighted by Gasteiger charge is 2.31. The summed E-state index contributed by atoms with van der Waals surface area (Å²) in [5.74, 6) is 0.677. The molecule has 0 saturated heterocycles. The van der Waals surface area contributed by atoms with Crippen LogP contribution in [-0.2, 0) is 6.18 Å². The monoisotopic (exact) mass is 299 g/mol. The van der Waals surface area contributed by atoms with Gasteiger partial charge in [0.15, 0.2) is 0 Å². The van der Waals surface area contributed by atoms with Crippen molar-refractivity contribution in [3.63, 3.8) is 0 Å². The van der Waals surface area contributed by atoms with Crippen LogP contribution >= 0.6 is 0 Å². The average Bonchev–Trinajstić information content (AvgIpc) is 2.73. The molecule has 0 amide bonds. The first-order chi connectivity index (χ1) is 9.79. The third-order valence-electron chi connectivity index (χ3n) is 4.18. The molecule has 116 valence electrons. The van der Waals surface area contributed by atoms with Gasteiger partial charge in [0, 0.05) is 6.04 Å². The maximum absolute atomic E-state index is 12.8. The van der Waals surface area contributed by atoms with E-state index in [0.29, 0.717) is 17.0 Å². The summed E-state index contributed by atoms with van der Waals surface area (Å²) in [5.41, 5.74) is 6.18. The van der Waals surface area contributed by atoms with Crippen LogP contribution in [0.4, 0.5) is 19.1 Å². The smallest absolute Gasteiger partial charge is 0.369 e. The quantitative estimate of drug-likeness (QED) is 0.894. The van der Waals surface area contributed by atoms with Crippen LogP contribution in [0.15, 0.2) is 18.2 Å². The first-order valence-corrected chi connectivity index (χ1v) is 7.14. The van der Waals surface area contributed by atoms with Gasteiger partial charge < -0.3 is 10.3 Å². The van der Waals surface area contributed by atoms with E-state index in [0.717, 1.165) is 25.0 Å². The number of halogens is 3. The van der Waals surface area contributed by atoms with Crippen molar-refractivity contribution in [2.24, 2.45) is 5.92 Å². The van der Waals surface area contributed by atoms with E-state index in [4.69, 9.17) is 5.73 Å². The van der Waals surface area contributed by atoms with Crippen LogP contribution in [0, 0.1) is 5.92 Å². The van der Waals surface area contributed by atoms with E-state index in [2.05, 4.69) is 18.8 Å². The van der Waals surface area contributed by atoms with Crippen LogP contribution in [0.1, 0.15) is 45.2 Å². The number of fused-ring (bicyclic) bond motifs is 1. The number of nitrogens with zero attached hydrogens (tertiary/aromatic N) is 2. The first kappa shape index (κ1) is 15.7. The number of rotatable bonds is 4. The fourth-order valence-electron chi connectivity index (χ4n) is 2.90. The number of aromatic nitrogens is 2. The summed E-state index contributed by atoms with van der Waals surface area (Å²) in [6.45, 7) is 6.23. The summed E-state index contributed by atoms with van der Waals surface area (Å²) in [6.07, 6.45) is -2.40.